The molecule has 5 rings (SSSR count). The molecule has 2 atom stereocenters. The number of benzene rings is 2. The lowest BCUT2D eigenvalue weighted by Gasteiger charge is -2.19. The molecule has 2 aliphatic heterocycles. The quantitative estimate of drug-likeness (QED) is 0.579. The van der Waals surface area contributed by atoms with Crippen molar-refractivity contribution in [3.05, 3.63) is 65.4 Å². The number of hydrogen-bond donors (Lipinski definition) is 0. The molecule has 3 aromatic rings. The average molecular weight is 407 g/mol. The van der Waals surface area contributed by atoms with Crippen molar-refractivity contribution in [1.29, 1.82) is 0 Å². The van der Waals surface area contributed by atoms with Crippen molar-refractivity contribution in [2.45, 2.75) is 51.9 Å². The first-order valence-electron chi connectivity index (χ1n) is 10.3. The molecule has 0 N–H and O–H groups in total. The Morgan fingerprint density at radius 1 is 1.13 bits per heavy atom. The molecule has 0 spiro atoms. The highest BCUT2D eigenvalue weighted by molar-refractivity contribution is 6.08. The van der Waals surface area contributed by atoms with Crippen molar-refractivity contribution in [3.8, 4) is 5.75 Å². The minimum absolute atomic E-state index is 0.144. The lowest BCUT2D eigenvalue weighted by Crippen LogP contribution is -2.23. The fourth-order valence-electron chi connectivity index (χ4n) is 4.53. The van der Waals surface area contributed by atoms with Crippen LogP contribution in [0.25, 0.3) is 10.9 Å². The highest BCUT2D eigenvalue weighted by Crippen LogP contribution is 2.49. The number of carbonyl (C=O) groups excluding carboxylic acids is 1. The Morgan fingerprint density at radius 2 is 1.93 bits per heavy atom. The standard InChI is InChI=1S/C24H25NO5/c1-4-27-23(26)19-16-11-8-12-17(28-14-15-9-6-5-7-10-15)20(16)25-13-18-22(21(19)25)30-24(2,3)29-18/h5-12,18,22H,4,13-14H2,1-3H3/t18-,22-/m1/s1. The molecule has 2 aliphatic rings. The van der Waals surface area contributed by atoms with E-state index in [1.165, 1.54) is 0 Å². The molecule has 1 saturated heterocycles. The van der Waals surface area contributed by atoms with Crippen molar-refractivity contribution in [3.63, 3.8) is 0 Å². The lowest BCUT2D eigenvalue weighted by atomic mass is 10.1. The first kappa shape index (κ1) is 19.2. The highest BCUT2D eigenvalue weighted by atomic mass is 16.8. The Morgan fingerprint density at radius 3 is 2.70 bits per heavy atom. The predicted octanol–water partition coefficient (Wildman–Crippen LogP) is 4.60. The van der Waals surface area contributed by atoms with Gasteiger partial charge >= 0.3 is 5.97 Å². The SMILES string of the molecule is CCOC(=O)c1c2n(c3c(OCc4ccccc4)cccc13)C[C@H]1OC(C)(C)O[C@@H]21. The summed E-state index contributed by atoms with van der Waals surface area (Å²) in [6.45, 7) is 6.97. The van der Waals surface area contributed by atoms with Crippen LogP contribution >= 0.6 is 0 Å². The molecule has 0 unspecified atom stereocenters. The van der Waals surface area contributed by atoms with Gasteiger partial charge in [0.1, 0.15) is 24.6 Å². The largest absolute Gasteiger partial charge is 0.487 e. The molecule has 30 heavy (non-hydrogen) atoms. The summed E-state index contributed by atoms with van der Waals surface area (Å²) < 4.78 is 26.0. The Hall–Kier alpha value is -2.83. The van der Waals surface area contributed by atoms with Crippen molar-refractivity contribution in [1.82, 2.24) is 4.57 Å². The zero-order chi connectivity index (χ0) is 20.9. The second-order valence-electron chi connectivity index (χ2n) is 8.11. The fraction of sp³-hybridized carbons (Fsp3) is 0.375. The van der Waals surface area contributed by atoms with Crippen molar-refractivity contribution >= 4 is 16.9 Å². The number of aromatic nitrogens is 1. The normalized spacial score (nSPS) is 21.4. The third kappa shape index (κ3) is 3.07. The van der Waals surface area contributed by atoms with Crippen LogP contribution in [-0.2, 0) is 27.4 Å². The number of fused-ring (bicyclic) bond motifs is 5. The number of nitrogens with zero attached hydrogens (tertiary/aromatic N) is 1. The van der Waals surface area contributed by atoms with E-state index >= 15 is 0 Å². The van der Waals surface area contributed by atoms with Crippen LogP contribution in [0.4, 0.5) is 0 Å². The van der Waals surface area contributed by atoms with Crippen LogP contribution in [0.3, 0.4) is 0 Å². The van der Waals surface area contributed by atoms with Crippen molar-refractivity contribution in [2.24, 2.45) is 0 Å². The highest BCUT2D eigenvalue weighted by Gasteiger charge is 2.50. The minimum atomic E-state index is -0.685. The number of ether oxygens (including phenoxy) is 4. The van der Waals surface area contributed by atoms with Crippen molar-refractivity contribution < 1.29 is 23.7 Å². The summed E-state index contributed by atoms with van der Waals surface area (Å²) in [5, 5.41) is 0.820. The Balaban J connectivity index is 1.62. The molecular weight excluding hydrogens is 382 g/mol. The zero-order valence-corrected chi connectivity index (χ0v) is 17.4. The summed E-state index contributed by atoms with van der Waals surface area (Å²) in [5.41, 5.74) is 3.32. The maximum Gasteiger partial charge on any atom is 0.340 e. The first-order chi connectivity index (χ1) is 14.5. The van der Waals surface area contributed by atoms with E-state index in [2.05, 4.69) is 4.57 Å². The molecule has 0 saturated carbocycles. The molecule has 0 amide bonds. The second kappa shape index (κ2) is 7.15. The van der Waals surface area contributed by atoms with Crippen LogP contribution in [0.15, 0.2) is 48.5 Å². The third-order valence-electron chi connectivity index (χ3n) is 5.62. The van der Waals surface area contributed by atoms with Gasteiger partial charge in [0.2, 0.25) is 0 Å². The van der Waals surface area contributed by atoms with Gasteiger partial charge in [-0.25, -0.2) is 4.79 Å². The molecule has 156 valence electrons. The van der Waals surface area contributed by atoms with Gasteiger partial charge in [0.05, 0.1) is 29.9 Å². The number of para-hydroxylation sites is 1. The van der Waals surface area contributed by atoms with E-state index < -0.39 is 5.79 Å². The topological polar surface area (TPSA) is 58.9 Å². The van der Waals surface area contributed by atoms with E-state index in [-0.39, 0.29) is 18.2 Å². The van der Waals surface area contributed by atoms with Crippen LogP contribution < -0.4 is 4.74 Å². The van der Waals surface area contributed by atoms with Gasteiger partial charge in [-0.1, -0.05) is 42.5 Å². The number of esters is 1. The molecule has 0 aliphatic carbocycles. The van der Waals surface area contributed by atoms with Gasteiger partial charge in [-0.2, -0.15) is 0 Å². The summed E-state index contributed by atoms with van der Waals surface area (Å²) in [7, 11) is 0. The Bertz CT molecular complexity index is 1100. The van der Waals surface area contributed by atoms with Crippen LogP contribution in [0, 0.1) is 0 Å². The van der Waals surface area contributed by atoms with Crippen LogP contribution in [0.1, 0.15) is 48.5 Å². The molecule has 1 fully saturated rings. The summed E-state index contributed by atoms with van der Waals surface area (Å²) in [6, 6.07) is 15.8. The smallest absolute Gasteiger partial charge is 0.340 e. The molecular formula is C24H25NO5. The number of rotatable bonds is 5. The maximum atomic E-state index is 12.9. The summed E-state index contributed by atoms with van der Waals surface area (Å²) in [4.78, 5) is 12.9. The van der Waals surface area contributed by atoms with E-state index in [1.54, 1.807) is 0 Å². The molecule has 3 heterocycles. The van der Waals surface area contributed by atoms with Crippen LogP contribution in [0.2, 0.25) is 0 Å². The monoisotopic (exact) mass is 407 g/mol. The van der Waals surface area contributed by atoms with Gasteiger partial charge in [0.25, 0.3) is 0 Å². The number of carbonyl (C=O) groups is 1. The Kier molecular flexibility index (Phi) is 4.56. The number of hydrogen-bond acceptors (Lipinski definition) is 5. The molecule has 6 heteroatoms. The molecule has 6 nitrogen and oxygen atoms in total. The van der Waals surface area contributed by atoms with Gasteiger partial charge in [-0.05, 0) is 32.4 Å². The minimum Gasteiger partial charge on any atom is -0.487 e. The maximum absolute atomic E-state index is 12.9. The van der Waals surface area contributed by atoms with E-state index in [1.807, 2.05) is 69.3 Å². The summed E-state index contributed by atoms with van der Waals surface area (Å²) >= 11 is 0. The summed E-state index contributed by atoms with van der Waals surface area (Å²) in [5.74, 6) is -0.298. The fourth-order valence-corrected chi connectivity index (χ4v) is 4.53. The van der Waals surface area contributed by atoms with E-state index in [0.29, 0.717) is 25.3 Å². The molecule has 0 bridgehead atoms. The lowest BCUT2D eigenvalue weighted by molar-refractivity contribution is -0.151. The third-order valence-corrected chi connectivity index (χ3v) is 5.62. The predicted molar refractivity (Wildman–Crippen MR) is 111 cm³/mol. The van der Waals surface area contributed by atoms with Gasteiger partial charge in [-0.15, -0.1) is 0 Å². The molecule has 2 aromatic carbocycles. The average Bonchev–Trinajstić information content (AvgIpc) is 3.32. The zero-order valence-electron chi connectivity index (χ0n) is 17.4. The van der Waals surface area contributed by atoms with E-state index in [4.69, 9.17) is 18.9 Å². The van der Waals surface area contributed by atoms with Crippen LogP contribution in [0.5, 0.6) is 5.75 Å². The van der Waals surface area contributed by atoms with Crippen molar-refractivity contribution in [2.75, 3.05) is 6.61 Å². The second-order valence-corrected chi connectivity index (χ2v) is 8.11. The van der Waals surface area contributed by atoms with Crippen LogP contribution in [-0.4, -0.2) is 29.0 Å². The molecule has 1 aromatic heterocycles. The van der Waals surface area contributed by atoms with Gasteiger partial charge in [0, 0.05) is 5.39 Å². The first-order valence-corrected chi connectivity index (χ1v) is 10.3. The molecule has 0 radical (unpaired) electrons. The van der Waals surface area contributed by atoms with Gasteiger partial charge in [-0.3, -0.25) is 0 Å². The van der Waals surface area contributed by atoms with E-state index in [0.717, 1.165) is 27.9 Å². The summed E-state index contributed by atoms with van der Waals surface area (Å²) in [6.07, 6.45) is -0.455. The Labute approximate surface area is 175 Å². The van der Waals surface area contributed by atoms with Gasteiger partial charge < -0.3 is 23.5 Å². The van der Waals surface area contributed by atoms with E-state index in [9.17, 15) is 4.79 Å². The van der Waals surface area contributed by atoms with Gasteiger partial charge in [0.15, 0.2) is 5.79 Å².